The summed E-state index contributed by atoms with van der Waals surface area (Å²) in [6.07, 6.45) is 1.87. The fourth-order valence-electron chi connectivity index (χ4n) is 5.41. The molecule has 2 N–H and O–H groups in total. The quantitative estimate of drug-likeness (QED) is 0.523. The van der Waals surface area contributed by atoms with Crippen LogP contribution in [0.4, 0.5) is 21.9 Å². The third-order valence-corrected chi connectivity index (χ3v) is 7.12. The van der Waals surface area contributed by atoms with Crippen molar-refractivity contribution in [3.8, 4) is 0 Å². The van der Waals surface area contributed by atoms with Gasteiger partial charge in [0.05, 0.1) is 6.04 Å². The SMILES string of the molecule is CN1C(=O)N(C)C(=O)C2(Cc3cc(NC(=S)Nc4ccccc4)ccc3N3CCC[C@@H]32)C1=O. The molecule has 1 spiro atoms. The highest BCUT2D eigenvalue weighted by Crippen LogP contribution is 2.49. The first kappa shape index (κ1) is 21.4. The maximum absolute atomic E-state index is 13.5. The Morgan fingerprint density at radius 3 is 2.33 bits per heavy atom. The molecule has 0 aliphatic carbocycles. The number of carbonyl (C=O) groups is 3. The van der Waals surface area contributed by atoms with E-state index in [9.17, 15) is 14.4 Å². The van der Waals surface area contributed by atoms with Crippen LogP contribution in [0.1, 0.15) is 18.4 Å². The second-order valence-electron chi connectivity index (χ2n) is 8.80. The standard InChI is InChI=1S/C24H25N5O3S/c1-27-20(30)24(21(31)28(2)23(27)32)14-15-13-17(10-11-18(15)29-12-6-9-19(24)29)26-22(33)25-16-7-4-3-5-8-16/h3-5,7-8,10-11,13,19H,6,9,12,14H2,1-2H3,(H2,25,26,33)/t19-/m1/s1. The van der Waals surface area contributed by atoms with E-state index >= 15 is 0 Å². The summed E-state index contributed by atoms with van der Waals surface area (Å²) in [6.45, 7) is 0.766. The van der Waals surface area contributed by atoms with Crippen molar-refractivity contribution in [1.29, 1.82) is 0 Å². The molecule has 2 aromatic carbocycles. The van der Waals surface area contributed by atoms with Gasteiger partial charge in [-0.15, -0.1) is 0 Å². The van der Waals surface area contributed by atoms with E-state index in [4.69, 9.17) is 12.2 Å². The van der Waals surface area contributed by atoms with E-state index in [1.165, 1.54) is 14.1 Å². The molecule has 2 aromatic rings. The summed E-state index contributed by atoms with van der Waals surface area (Å²) in [5, 5.41) is 6.79. The highest BCUT2D eigenvalue weighted by Gasteiger charge is 2.63. The number of anilines is 3. The number of imide groups is 2. The molecule has 0 unspecified atom stereocenters. The zero-order chi connectivity index (χ0) is 23.3. The number of carbonyl (C=O) groups excluding carboxylic acids is 3. The van der Waals surface area contributed by atoms with Crippen LogP contribution in [-0.4, -0.2) is 59.4 Å². The van der Waals surface area contributed by atoms with Crippen molar-refractivity contribution in [3.63, 3.8) is 0 Å². The van der Waals surface area contributed by atoms with E-state index < -0.39 is 23.3 Å². The van der Waals surface area contributed by atoms with Gasteiger partial charge in [-0.2, -0.15) is 0 Å². The maximum Gasteiger partial charge on any atom is 0.332 e. The molecule has 3 heterocycles. The van der Waals surface area contributed by atoms with Crippen LogP contribution in [0.3, 0.4) is 0 Å². The lowest BCUT2D eigenvalue weighted by Gasteiger charge is -2.50. The summed E-state index contributed by atoms with van der Waals surface area (Å²) in [5.74, 6) is -0.837. The molecule has 4 amide bonds. The first-order valence-electron chi connectivity index (χ1n) is 11.0. The smallest absolute Gasteiger partial charge is 0.332 e. The Morgan fingerprint density at radius 1 is 0.970 bits per heavy atom. The predicted octanol–water partition coefficient (Wildman–Crippen LogP) is 3.06. The van der Waals surface area contributed by atoms with Crippen LogP contribution in [0.5, 0.6) is 0 Å². The zero-order valence-corrected chi connectivity index (χ0v) is 19.3. The van der Waals surface area contributed by atoms with Gasteiger partial charge in [-0.25, -0.2) is 4.79 Å². The molecule has 170 valence electrons. The van der Waals surface area contributed by atoms with Crippen LogP contribution in [0.15, 0.2) is 48.5 Å². The summed E-state index contributed by atoms with van der Waals surface area (Å²) in [4.78, 5) is 43.7. The van der Waals surface area contributed by atoms with E-state index in [1.54, 1.807) is 0 Å². The normalized spacial score (nSPS) is 21.2. The third kappa shape index (κ3) is 3.26. The number of urea groups is 1. The first-order chi connectivity index (χ1) is 15.8. The Bertz CT molecular complexity index is 1140. The summed E-state index contributed by atoms with van der Waals surface area (Å²) in [7, 11) is 2.91. The number of nitrogens with zero attached hydrogens (tertiary/aromatic N) is 3. The summed E-state index contributed by atoms with van der Waals surface area (Å²) in [5.41, 5.74) is 2.25. The van der Waals surface area contributed by atoms with Crippen LogP contribution in [0.2, 0.25) is 0 Å². The molecular weight excluding hydrogens is 438 g/mol. The van der Waals surface area contributed by atoms with Crippen LogP contribution in [0.25, 0.3) is 0 Å². The number of nitrogens with one attached hydrogen (secondary N) is 2. The van der Waals surface area contributed by atoms with Crippen molar-refractivity contribution in [3.05, 3.63) is 54.1 Å². The topological polar surface area (TPSA) is 85.0 Å². The largest absolute Gasteiger partial charge is 0.367 e. The summed E-state index contributed by atoms with van der Waals surface area (Å²) in [6, 6.07) is 14.7. The van der Waals surface area contributed by atoms with E-state index in [1.807, 2.05) is 48.5 Å². The molecular formula is C24H25N5O3S. The molecule has 9 heteroatoms. The van der Waals surface area contributed by atoms with E-state index in [0.717, 1.165) is 51.8 Å². The molecule has 0 aromatic heterocycles. The van der Waals surface area contributed by atoms with Gasteiger partial charge in [0.25, 0.3) is 0 Å². The molecule has 33 heavy (non-hydrogen) atoms. The fourth-order valence-corrected chi connectivity index (χ4v) is 5.65. The lowest BCUT2D eigenvalue weighted by atomic mass is 9.68. The molecule has 8 nitrogen and oxygen atoms in total. The average molecular weight is 464 g/mol. The number of thiocarbonyl (C=S) groups is 1. The minimum atomic E-state index is -1.30. The highest BCUT2D eigenvalue weighted by molar-refractivity contribution is 7.80. The predicted molar refractivity (Wildman–Crippen MR) is 130 cm³/mol. The minimum Gasteiger partial charge on any atom is -0.367 e. The first-order valence-corrected chi connectivity index (χ1v) is 11.4. The second kappa shape index (κ2) is 7.84. The molecule has 1 atom stereocenters. The van der Waals surface area contributed by atoms with Gasteiger partial charge in [0.15, 0.2) is 10.5 Å². The fraction of sp³-hybridized carbons (Fsp3) is 0.333. The molecule has 0 saturated carbocycles. The minimum absolute atomic E-state index is 0.248. The van der Waals surface area contributed by atoms with E-state index in [2.05, 4.69) is 15.5 Å². The molecule has 2 saturated heterocycles. The highest BCUT2D eigenvalue weighted by atomic mass is 32.1. The van der Waals surface area contributed by atoms with Crippen LogP contribution >= 0.6 is 12.2 Å². The van der Waals surface area contributed by atoms with Crippen LogP contribution in [-0.2, 0) is 16.0 Å². The van der Waals surface area contributed by atoms with Crippen molar-refractivity contribution in [2.45, 2.75) is 25.3 Å². The number of barbiturate groups is 1. The van der Waals surface area contributed by atoms with Crippen molar-refractivity contribution in [1.82, 2.24) is 9.80 Å². The van der Waals surface area contributed by atoms with Crippen LogP contribution in [0, 0.1) is 5.41 Å². The number of amides is 4. The molecule has 0 bridgehead atoms. The van der Waals surface area contributed by atoms with E-state index in [0.29, 0.717) is 5.11 Å². The molecule has 3 aliphatic rings. The number of fused-ring (bicyclic) bond motifs is 4. The van der Waals surface area contributed by atoms with Gasteiger partial charge in [-0.05, 0) is 67.4 Å². The summed E-state index contributed by atoms with van der Waals surface area (Å²) < 4.78 is 0. The molecule has 0 radical (unpaired) electrons. The number of benzene rings is 2. The number of hydrogen-bond donors (Lipinski definition) is 2. The number of para-hydroxylation sites is 1. The Balaban J connectivity index is 1.48. The lowest BCUT2D eigenvalue weighted by Crippen LogP contribution is -2.70. The Hall–Kier alpha value is -3.46. The maximum atomic E-state index is 13.5. The van der Waals surface area contributed by atoms with Gasteiger partial charge in [-0.1, -0.05) is 18.2 Å². The second-order valence-corrected chi connectivity index (χ2v) is 9.21. The van der Waals surface area contributed by atoms with Gasteiger partial charge in [0.1, 0.15) is 0 Å². The van der Waals surface area contributed by atoms with Crippen molar-refractivity contribution >= 4 is 52.2 Å². The van der Waals surface area contributed by atoms with Gasteiger partial charge in [-0.3, -0.25) is 19.4 Å². The van der Waals surface area contributed by atoms with Gasteiger partial charge in [0.2, 0.25) is 11.8 Å². The van der Waals surface area contributed by atoms with Crippen molar-refractivity contribution < 1.29 is 14.4 Å². The summed E-state index contributed by atoms with van der Waals surface area (Å²) >= 11 is 5.46. The van der Waals surface area contributed by atoms with Gasteiger partial charge >= 0.3 is 6.03 Å². The van der Waals surface area contributed by atoms with Crippen molar-refractivity contribution in [2.24, 2.45) is 5.41 Å². The lowest BCUT2D eigenvalue weighted by molar-refractivity contribution is -0.159. The zero-order valence-electron chi connectivity index (χ0n) is 18.5. The number of rotatable bonds is 2. The van der Waals surface area contributed by atoms with Crippen LogP contribution < -0.4 is 15.5 Å². The Labute approximate surface area is 197 Å². The molecule has 2 fully saturated rings. The van der Waals surface area contributed by atoms with Crippen molar-refractivity contribution in [2.75, 3.05) is 36.2 Å². The van der Waals surface area contributed by atoms with E-state index in [-0.39, 0.29) is 12.5 Å². The third-order valence-electron chi connectivity index (χ3n) is 6.92. The van der Waals surface area contributed by atoms with Gasteiger partial charge < -0.3 is 15.5 Å². The molecule has 5 rings (SSSR count). The Morgan fingerprint density at radius 2 is 1.64 bits per heavy atom. The Kier molecular flexibility index (Phi) is 5.08. The average Bonchev–Trinajstić information content (AvgIpc) is 3.31. The molecule has 3 aliphatic heterocycles. The monoisotopic (exact) mass is 463 g/mol. The van der Waals surface area contributed by atoms with Gasteiger partial charge in [0, 0.05) is 37.7 Å². The number of hydrogen-bond acceptors (Lipinski definition) is 5.